The summed E-state index contributed by atoms with van der Waals surface area (Å²) in [6.45, 7) is 1.55. The van der Waals surface area contributed by atoms with Gasteiger partial charge in [0, 0.05) is 25.5 Å². The fourth-order valence-corrected chi connectivity index (χ4v) is 4.57. The number of halogens is 1. The average Bonchev–Trinajstić information content (AvgIpc) is 3.28. The first-order valence-electron chi connectivity index (χ1n) is 9.28. The Hall–Kier alpha value is -2.98. The molecule has 2 aliphatic heterocycles. The number of pyridine rings is 1. The second-order valence-corrected chi connectivity index (χ2v) is 7.96. The number of aliphatic hydroxyl groups excluding tert-OH is 1. The van der Waals surface area contributed by atoms with Crippen molar-refractivity contribution in [3.8, 4) is 10.6 Å². The first-order chi connectivity index (χ1) is 14.1. The number of piperidine rings is 1. The molecule has 8 nitrogen and oxygen atoms in total. The highest BCUT2D eigenvalue weighted by Crippen LogP contribution is 2.36. The van der Waals surface area contributed by atoms with Crippen LogP contribution in [0.1, 0.15) is 28.2 Å². The Morgan fingerprint density at radius 1 is 1.14 bits per heavy atom. The Balaban J connectivity index is 1.39. The van der Waals surface area contributed by atoms with Gasteiger partial charge in [0.05, 0.1) is 23.9 Å². The number of thiazole rings is 1. The van der Waals surface area contributed by atoms with E-state index in [1.807, 2.05) is 4.90 Å². The van der Waals surface area contributed by atoms with Crippen LogP contribution >= 0.6 is 11.3 Å². The minimum Gasteiger partial charge on any atom is -0.393 e. The predicted molar refractivity (Wildman–Crippen MR) is 105 cm³/mol. The van der Waals surface area contributed by atoms with Crippen molar-refractivity contribution in [2.24, 2.45) is 0 Å². The van der Waals surface area contributed by atoms with E-state index >= 15 is 0 Å². The van der Waals surface area contributed by atoms with Gasteiger partial charge in [-0.1, -0.05) is 0 Å². The molecule has 0 spiro atoms. The summed E-state index contributed by atoms with van der Waals surface area (Å²) in [6, 6.07) is 5.09. The SMILES string of the molecule is O=C1c2sc(-c3ccc(N4CCC(O)CC4)nc3F)nc2CN1c1ncccn1. The van der Waals surface area contributed by atoms with Crippen LogP contribution in [0.3, 0.4) is 0 Å². The third-order valence-corrected chi connectivity index (χ3v) is 6.21. The Labute approximate surface area is 169 Å². The Bertz CT molecular complexity index is 1070. The number of aliphatic hydroxyl groups is 1. The van der Waals surface area contributed by atoms with Gasteiger partial charge in [-0.2, -0.15) is 4.39 Å². The summed E-state index contributed by atoms with van der Waals surface area (Å²) in [7, 11) is 0. The van der Waals surface area contributed by atoms with E-state index in [0.717, 1.165) is 11.3 Å². The molecule has 1 fully saturated rings. The maximum absolute atomic E-state index is 14.7. The quantitative estimate of drug-likeness (QED) is 0.659. The van der Waals surface area contributed by atoms with Crippen molar-refractivity contribution < 1.29 is 14.3 Å². The van der Waals surface area contributed by atoms with Crippen molar-refractivity contribution >= 4 is 29.0 Å². The van der Waals surface area contributed by atoms with E-state index in [2.05, 4.69) is 19.9 Å². The fraction of sp³-hybridized carbons (Fsp3) is 0.316. The molecule has 29 heavy (non-hydrogen) atoms. The van der Waals surface area contributed by atoms with Gasteiger partial charge in [-0.3, -0.25) is 9.69 Å². The number of hydrogen-bond donors (Lipinski definition) is 1. The van der Waals surface area contributed by atoms with Crippen molar-refractivity contribution in [1.82, 2.24) is 19.9 Å². The zero-order valence-corrected chi connectivity index (χ0v) is 16.1. The number of anilines is 2. The van der Waals surface area contributed by atoms with Crippen LogP contribution in [0.2, 0.25) is 0 Å². The first-order valence-corrected chi connectivity index (χ1v) is 10.1. The van der Waals surface area contributed by atoms with Gasteiger partial charge in [-0.05, 0) is 31.0 Å². The lowest BCUT2D eigenvalue weighted by atomic mass is 10.1. The lowest BCUT2D eigenvalue weighted by molar-refractivity contribution is 0.0998. The van der Waals surface area contributed by atoms with E-state index < -0.39 is 5.95 Å². The molecule has 0 aromatic carbocycles. The number of rotatable bonds is 3. The molecule has 0 aliphatic carbocycles. The van der Waals surface area contributed by atoms with Crippen LogP contribution in [0.5, 0.6) is 0 Å². The average molecular weight is 412 g/mol. The third kappa shape index (κ3) is 3.23. The molecule has 0 unspecified atom stereocenters. The molecule has 1 N–H and O–H groups in total. The van der Waals surface area contributed by atoms with E-state index in [-0.39, 0.29) is 24.1 Å². The highest BCUT2D eigenvalue weighted by molar-refractivity contribution is 7.17. The van der Waals surface area contributed by atoms with E-state index in [4.69, 9.17) is 0 Å². The normalized spacial score (nSPS) is 17.1. The molecule has 0 saturated carbocycles. The fourth-order valence-electron chi connectivity index (χ4n) is 3.53. The lowest BCUT2D eigenvalue weighted by Crippen LogP contribution is -2.36. The van der Waals surface area contributed by atoms with Crippen molar-refractivity contribution in [2.45, 2.75) is 25.5 Å². The molecule has 3 aromatic rings. The molecular weight excluding hydrogens is 395 g/mol. The Morgan fingerprint density at radius 3 is 2.59 bits per heavy atom. The molecule has 1 amide bonds. The molecule has 0 bridgehead atoms. The topological polar surface area (TPSA) is 95.3 Å². The number of hydrogen-bond acceptors (Lipinski definition) is 8. The van der Waals surface area contributed by atoms with Gasteiger partial charge in [0.1, 0.15) is 15.7 Å². The van der Waals surface area contributed by atoms with Crippen molar-refractivity contribution in [1.29, 1.82) is 0 Å². The van der Waals surface area contributed by atoms with Crippen molar-refractivity contribution in [3.05, 3.63) is 47.1 Å². The summed E-state index contributed by atoms with van der Waals surface area (Å²) in [6.07, 6.45) is 4.15. The van der Waals surface area contributed by atoms with E-state index in [1.165, 1.54) is 4.90 Å². The monoisotopic (exact) mass is 412 g/mol. The summed E-state index contributed by atoms with van der Waals surface area (Å²) >= 11 is 1.15. The van der Waals surface area contributed by atoms with Crippen molar-refractivity contribution in [3.63, 3.8) is 0 Å². The van der Waals surface area contributed by atoms with Crippen LogP contribution in [0.15, 0.2) is 30.6 Å². The molecule has 148 valence electrons. The molecule has 10 heteroatoms. The second-order valence-electron chi connectivity index (χ2n) is 6.96. The largest absolute Gasteiger partial charge is 0.393 e. The number of fused-ring (bicyclic) bond motifs is 1. The molecule has 2 aliphatic rings. The Morgan fingerprint density at radius 2 is 1.90 bits per heavy atom. The minimum absolute atomic E-state index is 0.230. The Kier molecular flexibility index (Phi) is 4.44. The van der Waals surface area contributed by atoms with Gasteiger partial charge in [0.15, 0.2) is 0 Å². The van der Waals surface area contributed by atoms with Gasteiger partial charge in [0.25, 0.3) is 5.91 Å². The molecule has 0 radical (unpaired) electrons. The molecule has 5 rings (SSSR count). The molecule has 5 heterocycles. The van der Waals surface area contributed by atoms with Crippen LogP contribution in [0.25, 0.3) is 10.6 Å². The highest BCUT2D eigenvalue weighted by Gasteiger charge is 2.34. The van der Waals surface area contributed by atoms with Crippen molar-refractivity contribution in [2.75, 3.05) is 22.9 Å². The number of amides is 1. The smallest absolute Gasteiger partial charge is 0.273 e. The van der Waals surface area contributed by atoms with Crippen LogP contribution in [-0.2, 0) is 6.54 Å². The summed E-state index contributed by atoms with van der Waals surface area (Å²) in [4.78, 5) is 33.4. The standard InChI is InChI=1S/C19H17FN6O2S/c20-16-12(2-3-14(24-16)25-8-4-11(27)5-9-25)17-23-13-10-26(18(28)15(13)29-17)19-21-6-1-7-22-19/h1-3,6-7,11,27H,4-5,8-10H2. The van der Waals surface area contributed by atoms with Gasteiger partial charge in [0.2, 0.25) is 11.9 Å². The highest BCUT2D eigenvalue weighted by atomic mass is 32.1. The predicted octanol–water partition coefficient (Wildman–Crippen LogP) is 2.26. The zero-order valence-electron chi connectivity index (χ0n) is 15.3. The van der Waals surface area contributed by atoms with E-state index in [0.29, 0.717) is 53.3 Å². The summed E-state index contributed by atoms with van der Waals surface area (Å²) in [5, 5.41) is 10.1. The van der Waals surface area contributed by atoms with Gasteiger partial charge in [-0.15, -0.1) is 11.3 Å². The number of nitrogens with zero attached hydrogens (tertiary/aromatic N) is 6. The molecular formula is C19H17FN6O2S. The summed E-state index contributed by atoms with van der Waals surface area (Å²) in [5.74, 6) is 0.0300. The first kappa shape index (κ1) is 18.1. The minimum atomic E-state index is -0.614. The molecule has 1 saturated heterocycles. The second kappa shape index (κ2) is 7.12. The number of carbonyl (C=O) groups is 1. The van der Waals surface area contributed by atoms with E-state index in [1.54, 1.807) is 30.6 Å². The van der Waals surface area contributed by atoms with Gasteiger partial charge >= 0.3 is 0 Å². The van der Waals surface area contributed by atoms with E-state index in [9.17, 15) is 14.3 Å². The third-order valence-electron chi connectivity index (χ3n) is 5.09. The molecule has 3 aromatic heterocycles. The number of aromatic nitrogens is 4. The van der Waals surface area contributed by atoms with Crippen LogP contribution in [0.4, 0.5) is 16.2 Å². The lowest BCUT2D eigenvalue weighted by Gasteiger charge is -2.30. The van der Waals surface area contributed by atoms with Crippen LogP contribution in [-0.4, -0.2) is 50.1 Å². The summed E-state index contributed by atoms with van der Waals surface area (Å²) < 4.78 is 14.7. The maximum Gasteiger partial charge on any atom is 0.273 e. The van der Waals surface area contributed by atoms with Gasteiger partial charge in [-0.25, -0.2) is 19.9 Å². The summed E-state index contributed by atoms with van der Waals surface area (Å²) in [5.41, 5.74) is 0.872. The molecule has 0 atom stereocenters. The van der Waals surface area contributed by atoms with Crippen LogP contribution < -0.4 is 9.80 Å². The maximum atomic E-state index is 14.7. The van der Waals surface area contributed by atoms with Crippen LogP contribution in [0, 0.1) is 5.95 Å². The zero-order chi connectivity index (χ0) is 20.0. The van der Waals surface area contributed by atoms with Gasteiger partial charge < -0.3 is 10.0 Å². The number of carbonyl (C=O) groups excluding carboxylic acids is 1.